The van der Waals surface area contributed by atoms with Gasteiger partial charge >= 0.3 is 0 Å². The molecule has 12 heavy (non-hydrogen) atoms. The number of benzene rings is 1. The van der Waals surface area contributed by atoms with Gasteiger partial charge in [-0.1, -0.05) is 25.4 Å². The van der Waals surface area contributed by atoms with Crippen LogP contribution in [0.5, 0.6) is 0 Å². The summed E-state index contributed by atoms with van der Waals surface area (Å²) in [5, 5.41) is 0.429. The molecule has 0 saturated heterocycles. The molecule has 0 heterocycles. The van der Waals surface area contributed by atoms with Crippen molar-refractivity contribution in [3.05, 3.63) is 33.0 Å². The minimum atomic E-state index is -0.300. The van der Waals surface area contributed by atoms with E-state index in [1.807, 2.05) is 13.8 Å². The van der Waals surface area contributed by atoms with Crippen LogP contribution in [0.15, 0.2) is 16.6 Å². The molecule has 0 aliphatic heterocycles. The van der Waals surface area contributed by atoms with Gasteiger partial charge in [-0.15, -0.1) is 0 Å². The van der Waals surface area contributed by atoms with Crippen LogP contribution in [0.3, 0.4) is 0 Å². The van der Waals surface area contributed by atoms with Gasteiger partial charge in [-0.3, -0.25) is 0 Å². The minimum absolute atomic E-state index is 0.296. The van der Waals surface area contributed by atoms with Gasteiger partial charge in [0, 0.05) is 0 Å². The van der Waals surface area contributed by atoms with Crippen molar-refractivity contribution in [1.29, 1.82) is 0 Å². The third-order valence-electron chi connectivity index (χ3n) is 1.67. The molecule has 0 aliphatic carbocycles. The molecule has 0 atom stereocenters. The molecule has 1 aromatic carbocycles. The maximum Gasteiger partial charge on any atom is 0.139 e. The molecular weight excluding hydrogens is 242 g/mol. The van der Waals surface area contributed by atoms with Crippen molar-refractivity contribution < 1.29 is 4.39 Å². The Balaban J connectivity index is 3.21. The van der Waals surface area contributed by atoms with E-state index >= 15 is 0 Å². The van der Waals surface area contributed by atoms with Crippen LogP contribution in [0.4, 0.5) is 4.39 Å². The van der Waals surface area contributed by atoms with Crippen molar-refractivity contribution in [2.24, 2.45) is 0 Å². The Morgan fingerprint density at radius 1 is 1.42 bits per heavy atom. The third-order valence-corrected chi connectivity index (χ3v) is 3.01. The van der Waals surface area contributed by atoms with Crippen LogP contribution in [0.2, 0.25) is 5.02 Å². The van der Waals surface area contributed by atoms with Crippen LogP contribution < -0.4 is 0 Å². The normalized spacial score (nSPS) is 10.8. The molecule has 0 fully saturated rings. The topological polar surface area (TPSA) is 0 Å². The molecule has 0 unspecified atom stereocenters. The van der Waals surface area contributed by atoms with E-state index in [1.54, 1.807) is 6.07 Å². The van der Waals surface area contributed by atoms with Crippen LogP contribution in [0.25, 0.3) is 0 Å². The van der Waals surface area contributed by atoms with Crippen molar-refractivity contribution in [1.82, 2.24) is 0 Å². The van der Waals surface area contributed by atoms with E-state index in [-0.39, 0.29) is 5.82 Å². The molecule has 0 aromatic heterocycles. The highest BCUT2D eigenvalue weighted by atomic mass is 79.9. The zero-order valence-corrected chi connectivity index (χ0v) is 9.21. The highest BCUT2D eigenvalue weighted by Gasteiger charge is 2.08. The maximum absolute atomic E-state index is 13.1. The van der Waals surface area contributed by atoms with Gasteiger partial charge in [0.15, 0.2) is 0 Å². The first-order chi connectivity index (χ1) is 5.52. The van der Waals surface area contributed by atoms with E-state index < -0.39 is 0 Å². The van der Waals surface area contributed by atoms with Gasteiger partial charge in [-0.2, -0.15) is 0 Å². The third kappa shape index (κ3) is 1.99. The Hall–Kier alpha value is -0.0800. The lowest BCUT2D eigenvalue weighted by atomic mass is 10.0. The smallest absolute Gasteiger partial charge is 0.139 e. The SMILES string of the molecule is CC(C)c1cc(F)c(Br)c(Cl)c1. The molecule has 1 rings (SSSR count). The monoisotopic (exact) mass is 250 g/mol. The fraction of sp³-hybridized carbons (Fsp3) is 0.333. The average molecular weight is 252 g/mol. The van der Waals surface area contributed by atoms with Gasteiger partial charge in [-0.25, -0.2) is 4.39 Å². The molecule has 0 spiro atoms. The standard InChI is InChI=1S/C9H9BrClF/c1-5(2)6-3-7(11)9(10)8(12)4-6/h3-5H,1-2H3. The zero-order chi connectivity index (χ0) is 9.30. The molecule has 0 amide bonds. The molecule has 0 aliphatic rings. The second-order valence-corrected chi connectivity index (χ2v) is 4.15. The van der Waals surface area contributed by atoms with E-state index in [0.717, 1.165) is 5.56 Å². The molecule has 3 heteroatoms. The van der Waals surface area contributed by atoms with Crippen LogP contribution in [-0.4, -0.2) is 0 Å². The first-order valence-electron chi connectivity index (χ1n) is 3.67. The summed E-state index contributed by atoms with van der Waals surface area (Å²) in [4.78, 5) is 0. The fourth-order valence-corrected chi connectivity index (χ4v) is 1.35. The zero-order valence-electron chi connectivity index (χ0n) is 6.87. The Morgan fingerprint density at radius 2 is 2.00 bits per heavy atom. The lowest BCUT2D eigenvalue weighted by molar-refractivity contribution is 0.616. The van der Waals surface area contributed by atoms with Crippen LogP contribution in [0.1, 0.15) is 25.3 Å². The van der Waals surface area contributed by atoms with Crippen molar-refractivity contribution >= 4 is 27.5 Å². The quantitative estimate of drug-likeness (QED) is 0.650. The summed E-state index contributed by atoms with van der Waals surface area (Å²) in [7, 11) is 0. The summed E-state index contributed by atoms with van der Waals surface area (Å²) in [6.07, 6.45) is 0. The van der Waals surface area contributed by atoms with Gasteiger partial charge in [0.1, 0.15) is 5.82 Å². The predicted molar refractivity (Wildman–Crippen MR) is 53.2 cm³/mol. The van der Waals surface area contributed by atoms with Crippen molar-refractivity contribution in [2.45, 2.75) is 19.8 Å². The van der Waals surface area contributed by atoms with Crippen molar-refractivity contribution in [3.63, 3.8) is 0 Å². The molecule has 0 bridgehead atoms. The Morgan fingerprint density at radius 3 is 2.42 bits per heavy atom. The summed E-state index contributed by atoms with van der Waals surface area (Å²) >= 11 is 8.83. The molecule has 0 N–H and O–H groups in total. The minimum Gasteiger partial charge on any atom is -0.206 e. The Kier molecular flexibility index (Phi) is 3.13. The molecular formula is C9H9BrClF. The van der Waals surface area contributed by atoms with E-state index in [4.69, 9.17) is 11.6 Å². The van der Waals surface area contributed by atoms with Gasteiger partial charge in [-0.05, 0) is 39.5 Å². The lowest BCUT2D eigenvalue weighted by Gasteiger charge is -2.07. The summed E-state index contributed by atoms with van der Waals surface area (Å²) in [5.41, 5.74) is 0.917. The Labute approximate surface area is 84.9 Å². The maximum atomic E-state index is 13.1. The molecule has 0 saturated carbocycles. The van der Waals surface area contributed by atoms with E-state index in [9.17, 15) is 4.39 Å². The molecule has 0 nitrogen and oxygen atoms in total. The number of halogens is 3. The number of rotatable bonds is 1. The predicted octanol–water partition coefficient (Wildman–Crippen LogP) is 4.37. The Bertz CT molecular complexity index is 274. The van der Waals surface area contributed by atoms with E-state index in [0.29, 0.717) is 15.4 Å². The number of hydrogen-bond acceptors (Lipinski definition) is 0. The van der Waals surface area contributed by atoms with Gasteiger partial charge in [0.2, 0.25) is 0 Å². The summed E-state index contributed by atoms with van der Waals surface area (Å²) in [6, 6.07) is 3.28. The van der Waals surface area contributed by atoms with Gasteiger partial charge in [0.25, 0.3) is 0 Å². The molecule has 66 valence electrons. The molecule has 0 radical (unpaired) electrons. The van der Waals surface area contributed by atoms with E-state index in [1.165, 1.54) is 6.07 Å². The average Bonchev–Trinajstić information content (AvgIpc) is 1.99. The first kappa shape index (κ1) is 10.0. The highest BCUT2D eigenvalue weighted by molar-refractivity contribution is 9.10. The molecule has 1 aromatic rings. The largest absolute Gasteiger partial charge is 0.206 e. The van der Waals surface area contributed by atoms with Crippen LogP contribution in [0, 0.1) is 5.82 Å². The van der Waals surface area contributed by atoms with Gasteiger partial charge < -0.3 is 0 Å². The lowest BCUT2D eigenvalue weighted by Crippen LogP contribution is -1.90. The van der Waals surface area contributed by atoms with Crippen LogP contribution in [-0.2, 0) is 0 Å². The highest BCUT2D eigenvalue weighted by Crippen LogP contribution is 2.29. The van der Waals surface area contributed by atoms with Crippen molar-refractivity contribution in [3.8, 4) is 0 Å². The van der Waals surface area contributed by atoms with Crippen molar-refractivity contribution in [2.75, 3.05) is 0 Å². The summed E-state index contributed by atoms with van der Waals surface area (Å²) in [6.45, 7) is 4.00. The van der Waals surface area contributed by atoms with Crippen LogP contribution >= 0.6 is 27.5 Å². The summed E-state index contributed by atoms with van der Waals surface area (Å²) in [5.74, 6) is -0.00343. The fourth-order valence-electron chi connectivity index (χ4n) is 0.908. The van der Waals surface area contributed by atoms with E-state index in [2.05, 4.69) is 15.9 Å². The first-order valence-corrected chi connectivity index (χ1v) is 4.84. The summed E-state index contributed by atoms with van der Waals surface area (Å²) < 4.78 is 13.4. The number of hydrogen-bond donors (Lipinski definition) is 0. The second kappa shape index (κ2) is 3.75. The second-order valence-electron chi connectivity index (χ2n) is 2.95. The van der Waals surface area contributed by atoms with Gasteiger partial charge in [0.05, 0.1) is 9.50 Å².